The monoisotopic (exact) mass is 326 g/mol. The molecule has 5 nitrogen and oxygen atoms in total. The van der Waals surface area contributed by atoms with Gasteiger partial charge in [0.25, 0.3) is 5.91 Å². The summed E-state index contributed by atoms with van der Waals surface area (Å²) in [5.74, 6) is -0.0458. The maximum Gasteiger partial charge on any atom is 0.253 e. The third kappa shape index (κ3) is 4.73. The molecule has 0 radical (unpaired) electrons. The van der Waals surface area contributed by atoms with Crippen molar-refractivity contribution < 1.29 is 13.2 Å². The Bertz CT molecular complexity index is 620. The van der Waals surface area contributed by atoms with E-state index in [0.29, 0.717) is 24.3 Å². The molecule has 0 fully saturated rings. The minimum atomic E-state index is -3.35. The topological polar surface area (TPSA) is 57.7 Å². The molecule has 1 aromatic rings. The highest BCUT2D eigenvalue weighted by Crippen LogP contribution is 2.21. The molecule has 0 spiro atoms. The first-order valence-electron chi connectivity index (χ1n) is 7.55. The zero-order valence-corrected chi connectivity index (χ0v) is 14.9. The van der Waals surface area contributed by atoms with Crippen molar-refractivity contribution >= 4 is 21.6 Å². The minimum Gasteiger partial charge on any atom is -0.339 e. The molecule has 0 unspecified atom stereocenters. The summed E-state index contributed by atoms with van der Waals surface area (Å²) in [7, 11) is -1.85. The summed E-state index contributed by atoms with van der Waals surface area (Å²) in [4.78, 5) is 14.5. The molecule has 0 aliphatic rings. The fourth-order valence-electron chi connectivity index (χ4n) is 2.30. The second-order valence-corrected chi connectivity index (χ2v) is 7.59. The first-order valence-corrected chi connectivity index (χ1v) is 9.40. The fourth-order valence-corrected chi connectivity index (χ4v) is 2.79. The third-order valence-corrected chi connectivity index (χ3v) is 4.65. The van der Waals surface area contributed by atoms with Crippen LogP contribution in [0.5, 0.6) is 0 Å². The van der Waals surface area contributed by atoms with E-state index in [4.69, 9.17) is 0 Å². The van der Waals surface area contributed by atoms with E-state index in [2.05, 4.69) is 0 Å². The van der Waals surface area contributed by atoms with Gasteiger partial charge < -0.3 is 4.90 Å². The normalized spacial score (nSPS) is 11.3. The van der Waals surface area contributed by atoms with E-state index in [9.17, 15) is 13.2 Å². The summed E-state index contributed by atoms with van der Waals surface area (Å²) in [6, 6.07) is 5.22. The Labute approximate surface area is 134 Å². The molecule has 6 heteroatoms. The molecule has 0 heterocycles. The van der Waals surface area contributed by atoms with Gasteiger partial charge in [0.15, 0.2) is 0 Å². The van der Waals surface area contributed by atoms with E-state index in [0.717, 1.165) is 24.7 Å². The predicted octanol–water partition coefficient (Wildman–Crippen LogP) is 2.65. The molecule has 0 atom stereocenters. The molecule has 1 rings (SSSR count). The molecule has 0 saturated heterocycles. The van der Waals surface area contributed by atoms with Crippen LogP contribution in [0.1, 0.15) is 42.6 Å². The van der Waals surface area contributed by atoms with Gasteiger partial charge in [-0.3, -0.25) is 9.10 Å². The van der Waals surface area contributed by atoms with Gasteiger partial charge in [-0.05, 0) is 43.5 Å². The molecule has 0 aliphatic heterocycles. The molecule has 0 saturated carbocycles. The lowest BCUT2D eigenvalue weighted by atomic mass is 10.1. The Morgan fingerprint density at radius 1 is 1.09 bits per heavy atom. The van der Waals surface area contributed by atoms with Crippen LogP contribution in [0, 0.1) is 6.92 Å². The highest BCUT2D eigenvalue weighted by atomic mass is 32.2. The van der Waals surface area contributed by atoms with E-state index >= 15 is 0 Å². The molecule has 0 N–H and O–H groups in total. The summed E-state index contributed by atoms with van der Waals surface area (Å²) in [6.07, 6.45) is 2.94. The number of rotatable bonds is 7. The zero-order valence-electron chi connectivity index (χ0n) is 14.1. The Hall–Kier alpha value is -1.56. The van der Waals surface area contributed by atoms with Crippen molar-refractivity contribution in [3.05, 3.63) is 29.3 Å². The molecule has 0 aliphatic carbocycles. The third-order valence-electron chi connectivity index (χ3n) is 3.44. The Balaban J connectivity index is 3.20. The smallest absolute Gasteiger partial charge is 0.253 e. The lowest BCUT2D eigenvalue weighted by Crippen LogP contribution is -2.33. The van der Waals surface area contributed by atoms with Crippen LogP contribution in [0.3, 0.4) is 0 Å². The summed E-state index contributed by atoms with van der Waals surface area (Å²) in [6.45, 7) is 7.35. The van der Waals surface area contributed by atoms with E-state index < -0.39 is 10.0 Å². The first-order chi connectivity index (χ1) is 10.2. The van der Waals surface area contributed by atoms with E-state index in [1.165, 1.54) is 11.4 Å². The molecular formula is C16H26N2O3S. The number of anilines is 1. The van der Waals surface area contributed by atoms with Crippen molar-refractivity contribution in [3.8, 4) is 0 Å². The van der Waals surface area contributed by atoms with Crippen LogP contribution in [0.25, 0.3) is 0 Å². The Morgan fingerprint density at radius 3 is 2.09 bits per heavy atom. The quantitative estimate of drug-likeness (QED) is 0.774. The average molecular weight is 326 g/mol. The lowest BCUT2D eigenvalue weighted by Gasteiger charge is -2.23. The number of benzene rings is 1. The highest BCUT2D eigenvalue weighted by Gasteiger charge is 2.18. The maximum absolute atomic E-state index is 12.7. The molecular weight excluding hydrogens is 300 g/mol. The van der Waals surface area contributed by atoms with Gasteiger partial charge in [-0.1, -0.05) is 13.8 Å². The van der Waals surface area contributed by atoms with E-state index in [1.807, 2.05) is 25.7 Å². The lowest BCUT2D eigenvalue weighted by molar-refractivity contribution is 0.0755. The van der Waals surface area contributed by atoms with Crippen molar-refractivity contribution in [2.75, 3.05) is 30.7 Å². The number of amides is 1. The van der Waals surface area contributed by atoms with E-state index in [1.54, 1.807) is 18.2 Å². The van der Waals surface area contributed by atoms with Crippen LogP contribution in [0.2, 0.25) is 0 Å². The number of hydrogen-bond donors (Lipinski definition) is 0. The largest absolute Gasteiger partial charge is 0.339 e. The minimum absolute atomic E-state index is 0.0458. The Kier molecular flexibility index (Phi) is 6.41. The summed E-state index contributed by atoms with van der Waals surface area (Å²) in [5, 5.41) is 0. The summed E-state index contributed by atoms with van der Waals surface area (Å²) < 4.78 is 24.6. The van der Waals surface area contributed by atoms with Gasteiger partial charge in [0.2, 0.25) is 10.0 Å². The van der Waals surface area contributed by atoms with Gasteiger partial charge in [-0.25, -0.2) is 8.42 Å². The van der Waals surface area contributed by atoms with Crippen LogP contribution in [0.4, 0.5) is 5.69 Å². The molecule has 1 amide bonds. The molecule has 1 aromatic carbocycles. The SMILES string of the molecule is CCCN(CCC)C(=O)c1cc(C)cc(N(C)S(C)(=O)=O)c1. The van der Waals surface area contributed by atoms with E-state index in [-0.39, 0.29) is 5.91 Å². The molecule has 0 bridgehead atoms. The number of sulfonamides is 1. The first kappa shape index (κ1) is 18.5. The van der Waals surface area contributed by atoms with Gasteiger partial charge in [0.1, 0.15) is 0 Å². The van der Waals surface area contributed by atoms with Crippen LogP contribution >= 0.6 is 0 Å². The zero-order chi connectivity index (χ0) is 16.9. The predicted molar refractivity (Wildman–Crippen MR) is 90.9 cm³/mol. The molecule has 124 valence electrons. The second kappa shape index (κ2) is 7.63. The standard InChI is InChI=1S/C16H26N2O3S/c1-6-8-18(9-7-2)16(19)14-10-13(3)11-15(12-14)17(4)22(5,20)21/h10-12H,6-9H2,1-5H3. The van der Waals surface area contributed by atoms with Crippen molar-refractivity contribution in [1.82, 2.24) is 4.90 Å². The van der Waals surface area contributed by atoms with Crippen LogP contribution < -0.4 is 4.31 Å². The number of hydrogen-bond acceptors (Lipinski definition) is 3. The fraction of sp³-hybridized carbons (Fsp3) is 0.562. The van der Waals surface area contributed by atoms with Gasteiger partial charge in [0.05, 0.1) is 11.9 Å². The van der Waals surface area contributed by atoms with Gasteiger partial charge in [-0.15, -0.1) is 0 Å². The van der Waals surface area contributed by atoms with Gasteiger partial charge >= 0.3 is 0 Å². The second-order valence-electron chi connectivity index (χ2n) is 5.58. The van der Waals surface area contributed by atoms with Crippen LogP contribution in [0.15, 0.2) is 18.2 Å². The van der Waals surface area contributed by atoms with Gasteiger partial charge in [0, 0.05) is 25.7 Å². The number of carbonyl (C=O) groups is 1. The number of aryl methyl sites for hydroxylation is 1. The number of carbonyl (C=O) groups excluding carboxylic acids is 1. The molecule has 22 heavy (non-hydrogen) atoms. The van der Waals surface area contributed by atoms with Gasteiger partial charge in [-0.2, -0.15) is 0 Å². The molecule has 0 aromatic heterocycles. The van der Waals surface area contributed by atoms with Crippen molar-refractivity contribution in [3.63, 3.8) is 0 Å². The summed E-state index contributed by atoms with van der Waals surface area (Å²) >= 11 is 0. The maximum atomic E-state index is 12.7. The van der Waals surface area contributed by atoms with Crippen molar-refractivity contribution in [1.29, 1.82) is 0 Å². The summed E-state index contributed by atoms with van der Waals surface area (Å²) in [5.41, 5.74) is 1.91. The number of nitrogens with zero attached hydrogens (tertiary/aromatic N) is 2. The van der Waals surface area contributed by atoms with Crippen LogP contribution in [-0.2, 0) is 10.0 Å². The Morgan fingerprint density at radius 2 is 1.64 bits per heavy atom. The highest BCUT2D eigenvalue weighted by molar-refractivity contribution is 7.92. The average Bonchev–Trinajstić information content (AvgIpc) is 2.43. The van der Waals surface area contributed by atoms with Crippen molar-refractivity contribution in [2.45, 2.75) is 33.6 Å². The van der Waals surface area contributed by atoms with Crippen molar-refractivity contribution in [2.24, 2.45) is 0 Å². The van der Waals surface area contributed by atoms with Crippen LogP contribution in [-0.4, -0.2) is 45.6 Å².